The van der Waals surface area contributed by atoms with Crippen LogP contribution in [-0.2, 0) is 6.42 Å². The van der Waals surface area contributed by atoms with Crippen LogP contribution < -0.4 is 5.73 Å². The Morgan fingerprint density at radius 1 is 1.36 bits per heavy atom. The van der Waals surface area contributed by atoms with Crippen molar-refractivity contribution in [2.45, 2.75) is 19.8 Å². The van der Waals surface area contributed by atoms with E-state index in [1.807, 2.05) is 0 Å². The predicted octanol–water partition coefficient (Wildman–Crippen LogP) is 3.13. The normalized spacial score (nSPS) is 15.6. The molecule has 0 heterocycles. The molecule has 1 aromatic carbocycles. The van der Waals surface area contributed by atoms with Gasteiger partial charge >= 0.3 is 0 Å². The molecule has 2 heteroatoms. The molecule has 2 rings (SSSR count). The van der Waals surface area contributed by atoms with Gasteiger partial charge in [-0.2, -0.15) is 0 Å². The molecule has 0 unspecified atom stereocenters. The molecular formula is C12H14BrN. The first-order chi connectivity index (χ1) is 6.74. The Balaban J connectivity index is 2.60. The summed E-state index contributed by atoms with van der Waals surface area (Å²) in [5.41, 5.74) is 11.3. The van der Waals surface area contributed by atoms with E-state index in [-0.39, 0.29) is 0 Å². The van der Waals surface area contributed by atoms with Crippen LogP contribution in [0.25, 0.3) is 5.57 Å². The van der Waals surface area contributed by atoms with E-state index < -0.39 is 0 Å². The number of fused-ring (bicyclic) bond motifs is 1. The van der Waals surface area contributed by atoms with Crippen molar-refractivity contribution in [2.24, 2.45) is 5.73 Å². The van der Waals surface area contributed by atoms with Gasteiger partial charge in [-0.05, 0) is 42.5 Å². The van der Waals surface area contributed by atoms with Crippen LogP contribution in [0.3, 0.4) is 0 Å². The molecule has 0 radical (unpaired) electrons. The molecule has 1 aliphatic rings. The van der Waals surface area contributed by atoms with Gasteiger partial charge in [0, 0.05) is 11.0 Å². The highest BCUT2D eigenvalue weighted by atomic mass is 79.9. The quantitative estimate of drug-likeness (QED) is 0.816. The molecule has 0 fully saturated rings. The van der Waals surface area contributed by atoms with Gasteiger partial charge in [0.1, 0.15) is 0 Å². The molecule has 1 aromatic rings. The van der Waals surface area contributed by atoms with E-state index in [0.717, 1.165) is 12.8 Å². The number of hydrogen-bond donors (Lipinski definition) is 1. The van der Waals surface area contributed by atoms with Crippen LogP contribution in [0.4, 0.5) is 0 Å². The lowest BCUT2D eigenvalue weighted by Crippen LogP contribution is -2.11. The Labute approximate surface area is 93.1 Å². The first-order valence-corrected chi connectivity index (χ1v) is 5.69. The molecule has 0 bridgehead atoms. The molecule has 1 nitrogen and oxygen atoms in total. The summed E-state index contributed by atoms with van der Waals surface area (Å²) in [5, 5.41) is 0. The number of hydrogen-bond acceptors (Lipinski definition) is 1. The van der Waals surface area contributed by atoms with Gasteiger partial charge in [-0.15, -0.1) is 0 Å². The lowest BCUT2D eigenvalue weighted by molar-refractivity contribution is 0.880. The fourth-order valence-corrected chi connectivity index (χ4v) is 2.81. The molecule has 0 saturated heterocycles. The SMILES string of the molecule is CC1=C(CN)CCc2cccc(Br)c21. The van der Waals surface area contributed by atoms with Crippen molar-refractivity contribution in [3.8, 4) is 0 Å². The Kier molecular flexibility index (Phi) is 2.75. The number of allylic oxidation sites excluding steroid dienone is 1. The summed E-state index contributed by atoms with van der Waals surface area (Å²) < 4.78 is 1.19. The lowest BCUT2D eigenvalue weighted by atomic mass is 9.86. The van der Waals surface area contributed by atoms with E-state index in [1.165, 1.54) is 26.7 Å². The highest BCUT2D eigenvalue weighted by Crippen LogP contribution is 2.35. The summed E-state index contributed by atoms with van der Waals surface area (Å²) in [6, 6.07) is 6.41. The van der Waals surface area contributed by atoms with Gasteiger partial charge in [-0.1, -0.05) is 33.6 Å². The van der Waals surface area contributed by atoms with E-state index in [1.54, 1.807) is 0 Å². The van der Waals surface area contributed by atoms with Crippen molar-refractivity contribution in [1.82, 2.24) is 0 Å². The Morgan fingerprint density at radius 2 is 2.14 bits per heavy atom. The van der Waals surface area contributed by atoms with Crippen molar-refractivity contribution in [2.75, 3.05) is 6.54 Å². The third-order valence-electron chi connectivity index (χ3n) is 2.95. The van der Waals surface area contributed by atoms with Crippen LogP contribution in [0.15, 0.2) is 28.2 Å². The van der Waals surface area contributed by atoms with E-state index >= 15 is 0 Å². The Bertz CT molecular complexity index is 393. The summed E-state index contributed by atoms with van der Waals surface area (Å²) in [6.45, 7) is 2.86. The number of halogens is 1. The third kappa shape index (κ3) is 1.53. The molecule has 74 valence electrons. The molecule has 0 spiro atoms. The largest absolute Gasteiger partial charge is 0.327 e. The molecule has 1 aliphatic carbocycles. The molecule has 0 amide bonds. The maximum absolute atomic E-state index is 5.73. The van der Waals surface area contributed by atoms with Gasteiger partial charge < -0.3 is 5.73 Å². The minimum Gasteiger partial charge on any atom is -0.327 e. The van der Waals surface area contributed by atoms with E-state index in [0.29, 0.717) is 6.54 Å². The average Bonchev–Trinajstić information content (AvgIpc) is 2.18. The van der Waals surface area contributed by atoms with Gasteiger partial charge in [0.15, 0.2) is 0 Å². The van der Waals surface area contributed by atoms with Crippen molar-refractivity contribution in [3.63, 3.8) is 0 Å². The average molecular weight is 252 g/mol. The second-order valence-electron chi connectivity index (χ2n) is 3.71. The van der Waals surface area contributed by atoms with Gasteiger partial charge in [0.25, 0.3) is 0 Å². The summed E-state index contributed by atoms with van der Waals surface area (Å²) in [7, 11) is 0. The highest BCUT2D eigenvalue weighted by Gasteiger charge is 2.16. The number of benzene rings is 1. The number of nitrogens with two attached hydrogens (primary N) is 1. The first-order valence-electron chi connectivity index (χ1n) is 4.90. The van der Waals surface area contributed by atoms with Crippen LogP contribution >= 0.6 is 15.9 Å². The molecule has 0 aromatic heterocycles. The molecule has 2 N–H and O–H groups in total. The van der Waals surface area contributed by atoms with Crippen molar-refractivity contribution < 1.29 is 0 Å². The smallest absolute Gasteiger partial charge is 0.0253 e. The second kappa shape index (κ2) is 3.87. The topological polar surface area (TPSA) is 26.0 Å². The van der Waals surface area contributed by atoms with Crippen molar-refractivity contribution >= 4 is 21.5 Å². The van der Waals surface area contributed by atoms with Crippen LogP contribution in [0.2, 0.25) is 0 Å². The number of aryl methyl sites for hydroxylation is 1. The standard InChI is InChI=1S/C12H14BrN/c1-8-10(7-14)6-5-9-3-2-4-11(13)12(8)9/h2-4H,5-7,14H2,1H3. The van der Waals surface area contributed by atoms with Crippen LogP contribution in [0.5, 0.6) is 0 Å². The Morgan fingerprint density at radius 3 is 2.86 bits per heavy atom. The van der Waals surface area contributed by atoms with E-state index in [4.69, 9.17) is 5.73 Å². The van der Waals surface area contributed by atoms with Gasteiger partial charge in [0.05, 0.1) is 0 Å². The first kappa shape index (κ1) is 9.94. The molecule has 0 atom stereocenters. The zero-order valence-electron chi connectivity index (χ0n) is 8.31. The lowest BCUT2D eigenvalue weighted by Gasteiger charge is -2.21. The van der Waals surface area contributed by atoms with Gasteiger partial charge in [-0.25, -0.2) is 0 Å². The molecule has 14 heavy (non-hydrogen) atoms. The van der Waals surface area contributed by atoms with Gasteiger partial charge in [-0.3, -0.25) is 0 Å². The highest BCUT2D eigenvalue weighted by molar-refractivity contribution is 9.10. The van der Waals surface area contributed by atoms with E-state index in [2.05, 4.69) is 41.1 Å². The van der Waals surface area contributed by atoms with Crippen LogP contribution in [0, 0.1) is 0 Å². The summed E-state index contributed by atoms with van der Waals surface area (Å²) >= 11 is 3.60. The maximum atomic E-state index is 5.73. The zero-order chi connectivity index (χ0) is 10.1. The molecule has 0 aliphatic heterocycles. The second-order valence-corrected chi connectivity index (χ2v) is 4.56. The fraction of sp³-hybridized carbons (Fsp3) is 0.333. The van der Waals surface area contributed by atoms with Gasteiger partial charge in [0.2, 0.25) is 0 Å². The minimum absolute atomic E-state index is 0.687. The van der Waals surface area contributed by atoms with Crippen LogP contribution in [0.1, 0.15) is 24.5 Å². The van der Waals surface area contributed by atoms with E-state index in [9.17, 15) is 0 Å². The monoisotopic (exact) mass is 251 g/mol. The Hall–Kier alpha value is -0.600. The van der Waals surface area contributed by atoms with Crippen LogP contribution in [-0.4, -0.2) is 6.54 Å². The van der Waals surface area contributed by atoms with Crippen molar-refractivity contribution in [1.29, 1.82) is 0 Å². The minimum atomic E-state index is 0.687. The maximum Gasteiger partial charge on any atom is 0.0253 e. The summed E-state index contributed by atoms with van der Waals surface area (Å²) in [6.07, 6.45) is 2.24. The molecule has 0 saturated carbocycles. The fourth-order valence-electron chi connectivity index (χ4n) is 2.10. The third-order valence-corrected chi connectivity index (χ3v) is 3.61. The summed E-state index contributed by atoms with van der Waals surface area (Å²) in [4.78, 5) is 0. The zero-order valence-corrected chi connectivity index (χ0v) is 9.89. The summed E-state index contributed by atoms with van der Waals surface area (Å²) in [5.74, 6) is 0. The number of rotatable bonds is 1. The predicted molar refractivity (Wildman–Crippen MR) is 64.1 cm³/mol. The molecular weight excluding hydrogens is 238 g/mol. The van der Waals surface area contributed by atoms with Crippen molar-refractivity contribution in [3.05, 3.63) is 39.4 Å².